The second kappa shape index (κ2) is 10.2. The summed E-state index contributed by atoms with van der Waals surface area (Å²) in [5, 5.41) is 6.34. The maximum Gasteiger partial charge on any atom is 0.234 e. The van der Waals surface area contributed by atoms with Crippen molar-refractivity contribution in [2.24, 2.45) is 23.2 Å². The molecule has 31 heavy (non-hydrogen) atoms. The normalized spacial score (nSPS) is 33.9. The van der Waals surface area contributed by atoms with Crippen LogP contribution in [0.5, 0.6) is 0 Å². The molecule has 7 heteroatoms. The topological polar surface area (TPSA) is 73.9 Å². The van der Waals surface area contributed by atoms with Crippen molar-refractivity contribution in [3.63, 3.8) is 0 Å². The van der Waals surface area contributed by atoms with Crippen LogP contribution in [0.2, 0.25) is 0 Å². The monoisotopic (exact) mass is 434 g/mol. The summed E-state index contributed by atoms with van der Waals surface area (Å²) >= 11 is 0. The van der Waals surface area contributed by atoms with Crippen LogP contribution in [0, 0.1) is 23.2 Å². The molecule has 0 unspecified atom stereocenters. The zero-order valence-electron chi connectivity index (χ0n) is 19.5. The summed E-state index contributed by atoms with van der Waals surface area (Å²) < 4.78 is 5.00. The van der Waals surface area contributed by atoms with Crippen molar-refractivity contribution >= 4 is 11.8 Å². The zero-order chi connectivity index (χ0) is 21.8. The fourth-order valence-corrected chi connectivity index (χ4v) is 7.16. The highest BCUT2D eigenvalue weighted by atomic mass is 16.5. The molecule has 176 valence electrons. The molecule has 0 aromatic heterocycles. The lowest BCUT2D eigenvalue weighted by Gasteiger charge is -2.59. The molecule has 1 atom stereocenters. The van der Waals surface area contributed by atoms with Crippen LogP contribution in [0.4, 0.5) is 0 Å². The Morgan fingerprint density at radius 3 is 1.97 bits per heavy atom. The minimum atomic E-state index is 0.0756. The van der Waals surface area contributed by atoms with Crippen LogP contribution in [0.25, 0.3) is 0 Å². The second-order valence-corrected chi connectivity index (χ2v) is 10.8. The lowest BCUT2D eigenvalue weighted by atomic mass is 9.48. The number of piperazine rings is 1. The number of carbonyl (C=O) groups is 2. The van der Waals surface area contributed by atoms with E-state index < -0.39 is 0 Å². The van der Waals surface area contributed by atoms with Crippen LogP contribution in [0.1, 0.15) is 51.9 Å². The molecule has 7 nitrogen and oxygen atoms in total. The van der Waals surface area contributed by atoms with Gasteiger partial charge in [-0.05, 0) is 75.0 Å². The quantitative estimate of drug-likeness (QED) is 0.510. The number of hydrogen-bond acceptors (Lipinski definition) is 5. The number of nitrogens with one attached hydrogen (secondary N) is 2. The summed E-state index contributed by atoms with van der Waals surface area (Å²) in [5.74, 6) is 2.99. The molecule has 1 heterocycles. The predicted molar refractivity (Wildman–Crippen MR) is 121 cm³/mol. The molecule has 5 rings (SSSR count). The van der Waals surface area contributed by atoms with E-state index in [0.717, 1.165) is 50.4 Å². The Bertz CT molecular complexity index is 597. The van der Waals surface area contributed by atoms with E-state index in [1.807, 2.05) is 0 Å². The van der Waals surface area contributed by atoms with Crippen molar-refractivity contribution in [1.82, 2.24) is 20.4 Å². The Balaban J connectivity index is 1.15. The number of carbonyl (C=O) groups excluding carboxylic acids is 2. The Kier molecular flexibility index (Phi) is 7.55. The van der Waals surface area contributed by atoms with Crippen molar-refractivity contribution < 1.29 is 14.3 Å². The Morgan fingerprint density at radius 1 is 0.935 bits per heavy atom. The minimum Gasteiger partial charge on any atom is -0.385 e. The summed E-state index contributed by atoms with van der Waals surface area (Å²) in [6, 6.07) is 0.288. The summed E-state index contributed by atoms with van der Waals surface area (Å²) in [6.45, 7) is 7.87. The van der Waals surface area contributed by atoms with Gasteiger partial charge < -0.3 is 15.4 Å². The molecule has 0 aromatic rings. The van der Waals surface area contributed by atoms with Crippen LogP contribution in [-0.4, -0.2) is 87.2 Å². The molecule has 5 aliphatic rings. The van der Waals surface area contributed by atoms with Gasteiger partial charge in [-0.15, -0.1) is 0 Å². The van der Waals surface area contributed by atoms with Crippen molar-refractivity contribution in [1.29, 1.82) is 0 Å². The lowest BCUT2D eigenvalue weighted by molar-refractivity contribution is -0.128. The standard InChI is InChI=1S/C24H42N4O3/c1-18(24-13-19-10-20(14-24)12-21(11-19)15-24)26-23(30)17-28-7-5-27(6-8-28)16-22(29)25-4-3-9-31-2/h18-21H,3-17H2,1-2H3,(H,25,29)(H,26,30)/t18-,19?,20?,21?,24?/m0/s1. The van der Waals surface area contributed by atoms with Crippen molar-refractivity contribution in [3.05, 3.63) is 0 Å². The number of ether oxygens (including phenoxy) is 1. The van der Waals surface area contributed by atoms with Gasteiger partial charge in [-0.3, -0.25) is 19.4 Å². The molecule has 0 radical (unpaired) electrons. The van der Waals surface area contributed by atoms with E-state index in [-0.39, 0.29) is 17.9 Å². The summed E-state index contributed by atoms with van der Waals surface area (Å²) in [6.07, 6.45) is 9.14. The first-order valence-electron chi connectivity index (χ1n) is 12.5. The number of methoxy groups -OCH3 is 1. The highest BCUT2D eigenvalue weighted by molar-refractivity contribution is 5.78. The van der Waals surface area contributed by atoms with E-state index in [1.165, 1.54) is 38.5 Å². The summed E-state index contributed by atoms with van der Waals surface area (Å²) in [4.78, 5) is 29.3. The maximum atomic E-state index is 12.8. The highest BCUT2D eigenvalue weighted by Crippen LogP contribution is 2.61. The number of hydrogen-bond donors (Lipinski definition) is 2. The van der Waals surface area contributed by atoms with Gasteiger partial charge in [0, 0.05) is 52.5 Å². The predicted octanol–water partition coefficient (Wildman–Crippen LogP) is 1.48. The van der Waals surface area contributed by atoms with E-state index in [2.05, 4.69) is 27.4 Å². The molecular weight excluding hydrogens is 392 g/mol. The van der Waals surface area contributed by atoms with Crippen LogP contribution in [0.3, 0.4) is 0 Å². The highest BCUT2D eigenvalue weighted by Gasteiger charge is 2.53. The third-order valence-electron chi connectivity index (χ3n) is 8.43. The van der Waals surface area contributed by atoms with Crippen molar-refractivity contribution in [3.8, 4) is 0 Å². The van der Waals surface area contributed by atoms with Crippen LogP contribution >= 0.6 is 0 Å². The van der Waals surface area contributed by atoms with Crippen LogP contribution in [-0.2, 0) is 14.3 Å². The molecule has 0 aromatic carbocycles. The molecule has 2 N–H and O–H groups in total. The first-order valence-corrected chi connectivity index (χ1v) is 12.5. The first kappa shape index (κ1) is 23.0. The van der Waals surface area contributed by atoms with E-state index in [1.54, 1.807) is 7.11 Å². The van der Waals surface area contributed by atoms with Crippen molar-refractivity contribution in [2.75, 3.05) is 59.5 Å². The average molecular weight is 435 g/mol. The van der Waals surface area contributed by atoms with E-state index in [4.69, 9.17) is 4.74 Å². The van der Waals surface area contributed by atoms with Gasteiger partial charge in [0.25, 0.3) is 0 Å². The van der Waals surface area contributed by atoms with Crippen LogP contribution < -0.4 is 10.6 Å². The smallest absolute Gasteiger partial charge is 0.234 e. The fourth-order valence-electron chi connectivity index (χ4n) is 7.16. The number of nitrogens with zero attached hydrogens (tertiary/aromatic N) is 2. The number of rotatable bonds is 10. The van der Waals surface area contributed by atoms with Gasteiger partial charge in [0.05, 0.1) is 13.1 Å². The Morgan fingerprint density at radius 2 is 1.45 bits per heavy atom. The lowest BCUT2D eigenvalue weighted by Crippen LogP contribution is -2.57. The second-order valence-electron chi connectivity index (χ2n) is 10.8. The number of amides is 2. The molecule has 4 saturated carbocycles. The maximum absolute atomic E-state index is 12.8. The third kappa shape index (κ3) is 5.79. The molecule has 2 amide bonds. The average Bonchev–Trinajstić information content (AvgIpc) is 2.71. The van der Waals surface area contributed by atoms with Gasteiger partial charge in [0.2, 0.25) is 11.8 Å². The van der Waals surface area contributed by atoms with Gasteiger partial charge in [0.15, 0.2) is 0 Å². The summed E-state index contributed by atoms with van der Waals surface area (Å²) in [5.41, 5.74) is 0.361. The SMILES string of the molecule is COCCCNC(=O)CN1CCN(CC(=O)N[C@@H](C)C23CC4CC(CC(C4)C2)C3)CC1. The fraction of sp³-hybridized carbons (Fsp3) is 0.917. The Labute approximate surface area is 187 Å². The largest absolute Gasteiger partial charge is 0.385 e. The van der Waals surface area contributed by atoms with E-state index >= 15 is 0 Å². The van der Waals surface area contributed by atoms with Crippen LogP contribution in [0.15, 0.2) is 0 Å². The van der Waals surface area contributed by atoms with Gasteiger partial charge in [-0.2, -0.15) is 0 Å². The van der Waals surface area contributed by atoms with E-state index in [9.17, 15) is 9.59 Å². The molecule has 1 aliphatic heterocycles. The Hall–Kier alpha value is -1.18. The summed E-state index contributed by atoms with van der Waals surface area (Å²) in [7, 11) is 1.67. The first-order chi connectivity index (χ1) is 15.0. The molecule has 5 fully saturated rings. The molecular formula is C24H42N4O3. The van der Waals surface area contributed by atoms with Gasteiger partial charge in [-0.1, -0.05) is 0 Å². The molecule has 4 aliphatic carbocycles. The molecule has 1 saturated heterocycles. The van der Waals surface area contributed by atoms with Crippen molar-refractivity contribution in [2.45, 2.75) is 57.9 Å². The third-order valence-corrected chi connectivity index (χ3v) is 8.43. The van der Waals surface area contributed by atoms with Gasteiger partial charge in [0.1, 0.15) is 0 Å². The van der Waals surface area contributed by atoms with Gasteiger partial charge in [-0.25, -0.2) is 0 Å². The van der Waals surface area contributed by atoms with Gasteiger partial charge >= 0.3 is 0 Å². The van der Waals surface area contributed by atoms with E-state index in [0.29, 0.717) is 31.7 Å². The zero-order valence-corrected chi connectivity index (χ0v) is 19.5. The molecule has 4 bridgehead atoms. The molecule has 0 spiro atoms. The minimum absolute atomic E-state index is 0.0756.